The predicted molar refractivity (Wildman–Crippen MR) is 62.5 cm³/mol. The molecule has 0 radical (unpaired) electrons. The van der Waals surface area contributed by atoms with Crippen LogP contribution < -0.4 is 5.32 Å². The highest BCUT2D eigenvalue weighted by Gasteiger charge is 2.05. The molecule has 0 aliphatic rings. The van der Waals surface area contributed by atoms with E-state index in [0.29, 0.717) is 12.5 Å². The summed E-state index contributed by atoms with van der Waals surface area (Å²) < 4.78 is 0.808. The van der Waals surface area contributed by atoms with Crippen LogP contribution in [-0.2, 0) is 0 Å². The summed E-state index contributed by atoms with van der Waals surface area (Å²) in [5.74, 6) is 2.00. The van der Waals surface area contributed by atoms with Gasteiger partial charge in [0, 0.05) is 18.5 Å². The van der Waals surface area contributed by atoms with Gasteiger partial charge in [-0.2, -0.15) is 0 Å². The van der Waals surface area contributed by atoms with E-state index in [-0.39, 0.29) is 0 Å². The van der Waals surface area contributed by atoms with Crippen LogP contribution in [-0.4, -0.2) is 16.5 Å². The summed E-state index contributed by atoms with van der Waals surface area (Å²) in [7, 11) is 0. The van der Waals surface area contributed by atoms with Crippen molar-refractivity contribution >= 4 is 21.7 Å². The van der Waals surface area contributed by atoms with Gasteiger partial charge in [-0.3, -0.25) is 0 Å². The van der Waals surface area contributed by atoms with Crippen molar-refractivity contribution in [1.29, 1.82) is 0 Å². The molecule has 1 aromatic rings. The van der Waals surface area contributed by atoms with Gasteiger partial charge in [0.2, 0.25) is 0 Å². The molecule has 0 aliphatic carbocycles. The van der Waals surface area contributed by atoms with E-state index < -0.39 is 0 Å². The van der Waals surface area contributed by atoms with Crippen LogP contribution in [0.2, 0.25) is 0 Å². The number of halogens is 1. The Labute approximate surface area is 92.8 Å². The second kappa shape index (κ2) is 5.10. The van der Waals surface area contributed by atoms with Crippen molar-refractivity contribution in [2.45, 2.75) is 19.8 Å². The molecule has 1 N–H and O–H groups in total. The summed E-state index contributed by atoms with van der Waals surface area (Å²) in [6, 6.07) is 1.86. The van der Waals surface area contributed by atoms with Gasteiger partial charge in [0.1, 0.15) is 16.2 Å². The summed E-state index contributed by atoms with van der Waals surface area (Å²) in [6.07, 6.45) is 1.80. The molecule has 0 bridgehead atoms. The van der Waals surface area contributed by atoms with Crippen molar-refractivity contribution in [2.24, 2.45) is 0 Å². The molecule has 1 heterocycles. The van der Waals surface area contributed by atoms with E-state index in [2.05, 4.69) is 51.6 Å². The van der Waals surface area contributed by atoms with E-state index in [0.717, 1.165) is 16.2 Å². The standard InChI is InChI=1S/C10H14BrN3/c1-4-5-12-9-6-8(11)13-10(14-9)7(2)3/h4,6-7H,1,5H2,2-3H3,(H,12,13,14). The van der Waals surface area contributed by atoms with Gasteiger partial charge in [-0.15, -0.1) is 6.58 Å². The highest BCUT2D eigenvalue weighted by Crippen LogP contribution is 2.17. The van der Waals surface area contributed by atoms with Crippen LogP contribution in [0.1, 0.15) is 25.6 Å². The third-order valence-electron chi connectivity index (χ3n) is 1.66. The second-order valence-corrected chi connectivity index (χ2v) is 4.07. The van der Waals surface area contributed by atoms with Gasteiger partial charge in [-0.25, -0.2) is 9.97 Å². The number of aromatic nitrogens is 2. The van der Waals surface area contributed by atoms with Crippen LogP contribution in [0, 0.1) is 0 Å². The number of hydrogen-bond donors (Lipinski definition) is 1. The summed E-state index contributed by atoms with van der Waals surface area (Å²) >= 11 is 3.36. The summed E-state index contributed by atoms with van der Waals surface area (Å²) in [6.45, 7) is 8.48. The smallest absolute Gasteiger partial charge is 0.134 e. The van der Waals surface area contributed by atoms with Gasteiger partial charge in [-0.05, 0) is 15.9 Å². The Hall–Kier alpha value is -0.900. The van der Waals surface area contributed by atoms with Gasteiger partial charge in [0.25, 0.3) is 0 Å². The van der Waals surface area contributed by atoms with Crippen molar-refractivity contribution < 1.29 is 0 Å². The second-order valence-electron chi connectivity index (χ2n) is 3.26. The molecule has 1 aromatic heterocycles. The zero-order chi connectivity index (χ0) is 10.6. The van der Waals surface area contributed by atoms with Crippen LogP contribution in [0.5, 0.6) is 0 Å². The Bertz CT molecular complexity index is 323. The van der Waals surface area contributed by atoms with E-state index in [4.69, 9.17) is 0 Å². The maximum atomic E-state index is 4.37. The van der Waals surface area contributed by atoms with Gasteiger partial charge >= 0.3 is 0 Å². The van der Waals surface area contributed by atoms with E-state index in [1.165, 1.54) is 0 Å². The van der Waals surface area contributed by atoms with Crippen LogP contribution in [0.4, 0.5) is 5.82 Å². The first-order chi connectivity index (χ1) is 6.63. The normalized spacial score (nSPS) is 10.3. The minimum absolute atomic E-state index is 0.330. The molecule has 1 rings (SSSR count). The molecule has 0 saturated heterocycles. The topological polar surface area (TPSA) is 37.8 Å². The third-order valence-corrected chi connectivity index (χ3v) is 2.06. The number of nitrogens with zero attached hydrogens (tertiary/aromatic N) is 2. The van der Waals surface area contributed by atoms with Crippen molar-refractivity contribution in [3.05, 3.63) is 29.1 Å². The van der Waals surface area contributed by atoms with E-state index in [1.807, 2.05) is 6.07 Å². The lowest BCUT2D eigenvalue weighted by molar-refractivity contribution is 0.770. The number of nitrogens with one attached hydrogen (secondary N) is 1. The van der Waals surface area contributed by atoms with Crippen molar-refractivity contribution in [2.75, 3.05) is 11.9 Å². The molecule has 0 atom stereocenters. The van der Waals surface area contributed by atoms with Crippen LogP contribution >= 0.6 is 15.9 Å². The summed E-state index contributed by atoms with van der Waals surface area (Å²) in [4.78, 5) is 8.65. The molecular formula is C10H14BrN3. The Kier molecular flexibility index (Phi) is 4.07. The van der Waals surface area contributed by atoms with Crippen molar-refractivity contribution in [3.8, 4) is 0 Å². The first-order valence-corrected chi connectivity index (χ1v) is 5.32. The third kappa shape index (κ3) is 3.10. The first-order valence-electron chi connectivity index (χ1n) is 4.52. The Morgan fingerprint density at radius 1 is 1.57 bits per heavy atom. The molecule has 0 unspecified atom stereocenters. The molecule has 3 nitrogen and oxygen atoms in total. The molecule has 0 fully saturated rings. The average Bonchev–Trinajstić information content (AvgIpc) is 2.14. The van der Waals surface area contributed by atoms with Crippen LogP contribution in [0.3, 0.4) is 0 Å². The lowest BCUT2D eigenvalue weighted by atomic mass is 10.2. The van der Waals surface area contributed by atoms with Crippen LogP contribution in [0.25, 0.3) is 0 Å². The van der Waals surface area contributed by atoms with Gasteiger partial charge < -0.3 is 5.32 Å². The monoisotopic (exact) mass is 255 g/mol. The number of hydrogen-bond acceptors (Lipinski definition) is 3. The van der Waals surface area contributed by atoms with Gasteiger partial charge in [0.05, 0.1) is 0 Å². The van der Waals surface area contributed by atoms with Crippen LogP contribution in [0.15, 0.2) is 23.3 Å². The summed E-state index contributed by atoms with van der Waals surface area (Å²) in [5.41, 5.74) is 0. The molecule has 76 valence electrons. The van der Waals surface area contributed by atoms with Gasteiger partial charge in [-0.1, -0.05) is 19.9 Å². The van der Waals surface area contributed by atoms with E-state index in [1.54, 1.807) is 6.08 Å². The molecule has 0 amide bonds. The summed E-state index contributed by atoms with van der Waals surface area (Å²) in [5, 5.41) is 3.13. The highest BCUT2D eigenvalue weighted by molar-refractivity contribution is 9.10. The number of rotatable bonds is 4. The first kappa shape index (κ1) is 11.2. The SMILES string of the molecule is C=CCNc1cc(Br)nc(C(C)C)n1. The molecule has 4 heteroatoms. The molecular weight excluding hydrogens is 242 g/mol. The van der Waals surface area contributed by atoms with E-state index in [9.17, 15) is 0 Å². The molecule has 0 aliphatic heterocycles. The van der Waals surface area contributed by atoms with Crippen molar-refractivity contribution in [1.82, 2.24) is 9.97 Å². The van der Waals surface area contributed by atoms with Crippen molar-refractivity contribution in [3.63, 3.8) is 0 Å². The zero-order valence-electron chi connectivity index (χ0n) is 8.42. The fraction of sp³-hybridized carbons (Fsp3) is 0.400. The highest BCUT2D eigenvalue weighted by atomic mass is 79.9. The quantitative estimate of drug-likeness (QED) is 0.664. The zero-order valence-corrected chi connectivity index (χ0v) is 10.0. The number of anilines is 1. The molecule has 0 spiro atoms. The van der Waals surface area contributed by atoms with Gasteiger partial charge in [0.15, 0.2) is 0 Å². The lowest BCUT2D eigenvalue weighted by Gasteiger charge is -2.08. The Balaban J connectivity index is 2.89. The molecule has 14 heavy (non-hydrogen) atoms. The fourth-order valence-electron chi connectivity index (χ4n) is 0.961. The maximum absolute atomic E-state index is 4.37. The molecule has 0 saturated carbocycles. The predicted octanol–water partition coefficient (Wildman–Crippen LogP) is 2.96. The lowest BCUT2D eigenvalue weighted by Crippen LogP contribution is -2.05. The van der Waals surface area contributed by atoms with E-state index >= 15 is 0 Å². The molecule has 0 aromatic carbocycles. The average molecular weight is 256 g/mol. The fourth-order valence-corrected chi connectivity index (χ4v) is 1.36. The minimum atomic E-state index is 0.330. The Morgan fingerprint density at radius 3 is 2.86 bits per heavy atom. The Morgan fingerprint density at radius 2 is 2.29 bits per heavy atom. The minimum Gasteiger partial charge on any atom is -0.366 e. The maximum Gasteiger partial charge on any atom is 0.134 e. The largest absolute Gasteiger partial charge is 0.366 e.